The first-order valence-corrected chi connectivity index (χ1v) is 7.75. The maximum atomic E-state index is 11.3. The lowest BCUT2D eigenvalue weighted by Gasteiger charge is -2.23. The number of anilines is 1. The average molecular weight is 334 g/mol. The average Bonchev–Trinajstić information content (AvgIpc) is 2.34. The number of rotatable bonds is 3. The molecule has 1 N–H and O–H groups in total. The number of pyridine rings is 1. The third-order valence-corrected chi connectivity index (χ3v) is 4.80. The van der Waals surface area contributed by atoms with Crippen molar-refractivity contribution in [3.8, 4) is 0 Å². The van der Waals surface area contributed by atoms with Crippen LogP contribution in [0, 0.1) is 10.1 Å². The van der Waals surface area contributed by atoms with Crippen molar-refractivity contribution >= 4 is 38.1 Å². The number of halogens is 1. The molecule has 1 saturated heterocycles. The highest BCUT2D eigenvalue weighted by Gasteiger charge is 2.23. The normalized spacial score (nSPS) is 23.6. The molecule has 0 aliphatic carbocycles. The minimum Gasteiger partial charge on any atom is -0.376 e. The Bertz CT molecular complexity index is 487. The van der Waals surface area contributed by atoms with Crippen LogP contribution in [0.2, 0.25) is 0 Å². The standard InChI is InChI=1S/C10H12BrN3O3S/c11-8-5-12-6-9(14(15)16)10(8)13-7-1-3-18(17)4-2-7/h5-7H,1-4H2,(H,12,13). The van der Waals surface area contributed by atoms with Crippen molar-refractivity contribution in [2.24, 2.45) is 0 Å². The van der Waals surface area contributed by atoms with Gasteiger partial charge in [0.15, 0.2) is 0 Å². The van der Waals surface area contributed by atoms with E-state index in [9.17, 15) is 14.3 Å². The van der Waals surface area contributed by atoms with Crippen LogP contribution < -0.4 is 5.32 Å². The smallest absolute Gasteiger partial charge is 0.311 e. The van der Waals surface area contributed by atoms with Crippen LogP contribution in [0.4, 0.5) is 11.4 Å². The van der Waals surface area contributed by atoms with Gasteiger partial charge in [0.05, 0.1) is 9.40 Å². The van der Waals surface area contributed by atoms with Crippen LogP contribution in [0.25, 0.3) is 0 Å². The highest BCUT2D eigenvalue weighted by molar-refractivity contribution is 9.10. The number of hydrogen-bond acceptors (Lipinski definition) is 5. The molecular weight excluding hydrogens is 322 g/mol. The van der Waals surface area contributed by atoms with Gasteiger partial charge in [-0.05, 0) is 28.8 Å². The molecule has 0 aromatic carbocycles. The van der Waals surface area contributed by atoms with Crippen LogP contribution in [0.5, 0.6) is 0 Å². The zero-order valence-electron chi connectivity index (χ0n) is 9.47. The van der Waals surface area contributed by atoms with Gasteiger partial charge in [0.2, 0.25) is 0 Å². The predicted molar refractivity (Wildman–Crippen MR) is 73.1 cm³/mol. The summed E-state index contributed by atoms with van der Waals surface area (Å²) >= 11 is 3.26. The van der Waals surface area contributed by atoms with Gasteiger partial charge in [-0.3, -0.25) is 19.3 Å². The first-order chi connectivity index (χ1) is 8.58. The minimum atomic E-state index is -0.736. The molecule has 2 heterocycles. The van der Waals surface area contributed by atoms with E-state index in [0.717, 1.165) is 12.8 Å². The summed E-state index contributed by atoms with van der Waals surface area (Å²) in [4.78, 5) is 14.3. The van der Waals surface area contributed by atoms with Gasteiger partial charge in [0.25, 0.3) is 0 Å². The largest absolute Gasteiger partial charge is 0.376 e. The zero-order valence-corrected chi connectivity index (χ0v) is 11.9. The van der Waals surface area contributed by atoms with Crippen LogP contribution >= 0.6 is 15.9 Å². The highest BCUT2D eigenvalue weighted by atomic mass is 79.9. The first-order valence-electron chi connectivity index (χ1n) is 5.47. The number of hydrogen-bond donors (Lipinski definition) is 1. The topological polar surface area (TPSA) is 85.1 Å². The second-order valence-electron chi connectivity index (χ2n) is 4.04. The van der Waals surface area contributed by atoms with Crippen molar-refractivity contribution in [1.82, 2.24) is 4.98 Å². The van der Waals surface area contributed by atoms with Crippen molar-refractivity contribution in [1.29, 1.82) is 0 Å². The Labute approximate surface area is 115 Å². The Morgan fingerprint density at radius 3 is 2.72 bits per heavy atom. The predicted octanol–water partition coefficient (Wildman–Crippen LogP) is 2.08. The molecule has 0 amide bonds. The summed E-state index contributed by atoms with van der Waals surface area (Å²) in [5, 5.41) is 14.1. The van der Waals surface area contributed by atoms with Gasteiger partial charge in [0, 0.05) is 34.5 Å². The van der Waals surface area contributed by atoms with E-state index in [-0.39, 0.29) is 11.7 Å². The van der Waals surface area contributed by atoms with Crippen molar-refractivity contribution < 1.29 is 9.13 Å². The van der Waals surface area contributed by atoms with Crippen molar-refractivity contribution in [3.63, 3.8) is 0 Å². The maximum Gasteiger partial charge on any atom is 0.311 e. The fraction of sp³-hybridized carbons (Fsp3) is 0.500. The van der Waals surface area contributed by atoms with E-state index in [2.05, 4.69) is 26.2 Å². The van der Waals surface area contributed by atoms with E-state index in [4.69, 9.17) is 0 Å². The van der Waals surface area contributed by atoms with Crippen molar-refractivity contribution in [2.75, 3.05) is 16.8 Å². The van der Waals surface area contributed by atoms with Crippen LogP contribution in [-0.4, -0.2) is 31.7 Å². The Balaban J connectivity index is 2.18. The molecule has 0 radical (unpaired) electrons. The lowest BCUT2D eigenvalue weighted by Crippen LogP contribution is -2.29. The van der Waals surface area contributed by atoms with Crippen LogP contribution in [0.1, 0.15) is 12.8 Å². The SMILES string of the molecule is O=[N+]([O-])c1cncc(Br)c1NC1CCS(=O)CC1. The van der Waals surface area contributed by atoms with Crippen LogP contribution in [0.15, 0.2) is 16.9 Å². The van der Waals surface area contributed by atoms with E-state index in [0.29, 0.717) is 21.7 Å². The van der Waals surface area contributed by atoms with E-state index < -0.39 is 15.7 Å². The van der Waals surface area contributed by atoms with E-state index in [1.165, 1.54) is 12.4 Å². The van der Waals surface area contributed by atoms with Gasteiger partial charge in [-0.25, -0.2) is 0 Å². The van der Waals surface area contributed by atoms with Crippen molar-refractivity contribution in [2.45, 2.75) is 18.9 Å². The summed E-state index contributed by atoms with van der Waals surface area (Å²) in [6, 6.07) is 0.125. The van der Waals surface area contributed by atoms with E-state index in [1.807, 2.05) is 0 Å². The monoisotopic (exact) mass is 333 g/mol. The molecule has 1 aliphatic heterocycles. The number of aromatic nitrogens is 1. The fourth-order valence-electron chi connectivity index (χ4n) is 1.85. The fourth-order valence-corrected chi connectivity index (χ4v) is 3.58. The Morgan fingerprint density at radius 1 is 1.44 bits per heavy atom. The summed E-state index contributed by atoms with van der Waals surface area (Å²) in [6.45, 7) is 0. The maximum absolute atomic E-state index is 11.3. The minimum absolute atomic E-state index is 0.0453. The molecule has 0 bridgehead atoms. The van der Waals surface area contributed by atoms with E-state index >= 15 is 0 Å². The molecule has 0 spiro atoms. The quantitative estimate of drug-likeness (QED) is 0.676. The first kappa shape index (κ1) is 13.4. The number of nitro groups is 1. The summed E-state index contributed by atoms with van der Waals surface area (Å²) in [5.74, 6) is 1.29. The van der Waals surface area contributed by atoms with Gasteiger partial charge in [-0.15, -0.1) is 0 Å². The lowest BCUT2D eigenvalue weighted by atomic mass is 10.1. The van der Waals surface area contributed by atoms with Crippen LogP contribution in [-0.2, 0) is 10.8 Å². The molecule has 2 rings (SSSR count). The Morgan fingerprint density at radius 2 is 2.11 bits per heavy atom. The molecule has 6 nitrogen and oxygen atoms in total. The number of nitrogens with zero attached hydrogens (tertiary/aromatic N) is 2. The molecule has 0 unspecified atom stereocenters. The Hall–Kier alpha value is -1.02. The molecule has 0 saturated carbocycles. The molecule has 1 aromatic heterocycles. The number of nitrogens with one attached hydrogen (secondary N) is 1. The molecule has 1 aromatic rings. The third kappa shape index (κ3) is 3.05. The summed E-state index contributed by atoms with van der Waals surface area (Å²) in [5.41, 5.74) is 0.406. The lowest BCUT2D eigenvalue weighted by molar-refractivity contribution is -0.384. The molecular formula is C10H12BrN3O3S. The van der Waals surface area contributed by atoms with Gasteiger partial charge in [0.1, 0.15) is 11.9 Å². The highest BCUT2D eigenvalue weighted by Crippen LogP contribution is 2.32. The molecule has 1 fully saturated rings. The second kappa shape index (κ2) is 5.75. The van der Waals surface area contributed by atoms with Gasteiger partial charge >= 0.3 is 5.69 Å². The van der Waals surface area contributed by atoms with E-state index in [1.54, 1.807) is 0 Å². The summed E-state index contributed by atoms with van der Waals surface area (Å²) in [6.07, 6.45) is 4.28. The molecule has 0 atom stereocenters. The molecule has 18 heavy (non-hydrogen) atoms. The third-order valence-electron chi connectivity index (χ3n) is 2.81. The van der Waals surface area contributed by atoms with Gasteiger partial charge in [-0.1, -0.05) is 0 Å². The second-order valence-corrected chi connectivity index (χ2v) is 6.59. The van der Waals surface area contributed by atoms with Crippen molar-refractivity contribution in [3.05, 3.63) is 27.0 Å². The van der Waals surface area contributed by atoms with Gasteiger partial charge in [-0.2, -0.15) is 0 Å². The summed E-state index contributed by atoms with van der Waals surface area (Å²) in [7, 11) is -0.736. The van der Waals surface area contributed by atoms with Crippen LogP contribution in [0.3, 0.4) is 0 Å². The Kier molecular flexibility index (Phi) is 4.28. The van der Waals surface area contributed by atoms with Gasteiger partial charge < -0.3 is 5.32 Å². The molecule has 1 aliphatic rings. The molecule has 8 heteroatoms. The zero-order chi connectivity index (χ0) is 13.1. The molecule has 98 valence electrons. The summed E-state index contributed by atoms with van der Waals surface area (Å²) < 4.78 is 11.8.